The molecule has 1 saturated heterocycles. The van der Waals surface area contributed by atoms with Crippen LogP contribution in [-0.2, 0) is 16.1 Å². The molecule has 0 aliphatic carbocycles. The minimum Gasteiger partial charge on any atom is -0.467 e. The second kappa shape index (κ2) is 5.84. The fourth-order valence-corrected chi connectivity index (χ4v) is 2.92. The molecule has 1 aromatic carbocycles. The maximum atomic E-state index is 12.4. The van der Waals surface area contributed by atoms with Gasteiger partial charge in [0.1, 0.15) is 5.76 Å². The van der Waals surface area contributed by atoms with Gasteiger partial charge in [-0.3, -0.25) is 14.9 Å². The summed E-state index contributed by atoms with van der Waals surface area (Å²) in [6, 6.07) is 11.1. The zero-order valence-electron chi connectivity index (χ0n) is 12.9. The first-order chi connectivity index (χ1) is 11.7. The molecule has 122 valence electrons. The molecule has 2 aromatic heterocycles. The van der Waals surface area contributed by atoms with E-state index in [1.165, 1.54) is 0 Å². The number of aromatic nitrogens is 2. The second-order valence-corrected chi connectivity index (χ2v) is 5.85. The normalized spacial score (nSPS) is 17.6. The Labute approximate surface area is 137 Å². The second-order valence-electron chi connectivity index (χ2n) is 5.85. The maximum absolute atomic E-state index is 12.4. The highest BCUT2D eigenvalue weighted by molar-refractivity contribution is 5.97. The minimum absolute atomic E-state index is 0.0452. The Morgan fingerprint density at radius 3 is 3.00 bits per heavy atom. The largest absolute Gasteiger partial charge is 0.467 e. The van der Waals surface area contributed by atoms with Crippen molar-refractivity contribution in [3.8, 4) is 0 Å². The minimum atomic E-state index is -0.388. The molecule has 24 heavy (non-hydrogen) atoms. The number of amides is 2. The van der Waals surface area contributed by atoms with E-state index in [9.17, 15) is 9.59 Å². The number of fused-ring (bicyclic) bond motifs is 1. The Hall–Kier alpha value is -3.09. The molecule has 3 aromatic rings. The number of carbonyl (C=O) groups excluding carboxylic acids is 2. The fraction of sp³-hybridized carbons (Fsp3) is 0.235. The highest BCUT2D eigenvalue weighted by Crippen LogP contribution is 2.22. The Kier molecular flexibility index (Phi) is 3.53. The summed E-state index contributed by atoms with van der Waals surface area (Å²) in [4.78, 5) is 33.5. The molecular weight excluding hydrogens is 308 g/mol. The van der Waals surface area contributed by atoms with Gasteiger partial charge in [0.25, 0.3) is 0 Å². The molecular formula is C17H16N4O3. The third-order valence-electron chi connectivity index (χ3n) is 4.14. The lowest BCUT2D eigenvalue weighted by atomic mass is 10.1. The number of rotatable bonds is 4. The van der Waals surface area contributed by atoms with E-state index >= 15 is 0 Å². The molecule has 1 atom stereocenters. The number of para-hydroxylation sites is 2. The Bertz CT molecular complexity index is 851. The number of benzene rings is 1. The summed E-state index contributed by atoms with van der Waals surface area (Å²) in [7, 11) is 0. The first kappa shape index (κ1) is 14.5. The summed E-state index contributed by atoms with van der Waals surface area (Å²) in [6.07, 6.45) is 1.77. The van der Waals surface area contributed by atoms with Crippen LogP contribution < -0.4 is 5.32 Å². The number of anilines is 1. The van der Waals surface area contributed by atoms with E-state index in [0.717, 1.165) is 11.0 Å². The van der Waals surface area contributed by atoms with Crippen LogP contribution >= 0.6 is 0 Å². The predicted molar refractivity (Wildman–Crippen MR) is 87.0 cm³/mol. The molecule has 7 heteroatoms. The van der Waals surface area contributed by atoms with Crippen molar-refractivity contribution >= 4 is 28.8 Å². The van der Waals surface area contributed by atoms with Crippen LogP contribution in [-0.4, -0.2) is 33.2 Å². The van der Waals surface area contributed by atoms with Crippen molar-refractivity contribution < 1.29 is 14.0 Å². The summed E-state index contributed by atoms with van der Waals surface area (Å²) in [5, 5.41) is 2.77. The van der Waals surface area contributed by atoms with Gasteiger partial charge in [-0.1, -0.05) is 12.1 Å². The van der Waals surface area contributed by atoms with Gasteiger partial charge < -0.3 is 14.3 Å². The molecule has 3 heterocycles. The van der Waals surface area contributed by atoms with Gasteiger partial charge in [0.05, 0.1) is 29.8 Å². The molecule has 0 saturated carbocycles. The van der Waals surface area contributed by atoms with Crippen molar-refractivity contribution in [3.05, 3.63) is 48.4 Å². The zero-order chi connectivity index (χ0) is 16.5. The van der Waals surface area contributed by atoms with Crippen molar-refractivity contribution in [3.63, 3.8) is 0 Å². The molecule has 1 aliphatic heterocycles. The highest BCUT2D eigenvalue weighted by Gasteiger charge is 2.34. The monoisotopic (exact) mass is 324 g/mol. The first-order valence-corrected chi connectivity index (χ1v) is 7.75. The predicted octanol–water partition coefficient (Wildman–Crippen LogP) is 2.14. The van der Waals surface area contributed by atoms with Gasteiger partial charge in [-0.25, -0.2) is 4.98 Å². The summed E-state index contributed by atoms with van der Waals surface area (Å²) >= 11 is 0. The number of hydrogen-bond donors (Lipinski definition) is 2. The van der Waals surface area contributed by atoms with Gasteiger partial charge in [0.2, 0.25) is 17.8 Å². The molecule has 1 fully saturated rings. The quantitative estimate of drug-likeness (QED) is 0.769. The Balaban J connectivity index is 1.42. The zero-order valence-corrected chi connectivity index (χ0v) is 12.9. The lowest BCUT2D eigenvalue weighted by molar-refractivity contribution is -0.128. The topological polar surface area (TPSA) is 91.2 Å². The summed E-state index contributed by atoms with van der Waals surface area (Å²) in [5.74, 6) is 0.473. The number of hydrogen-bond acceptors (Lipinski definition) is 4. The summed E-state index contributed by atoms with van der Waals surface area (Å²) in [5.41, 5.74) is 1.64. The number of likely N-dealkylation sites (tertiary alicyclic amines) is 1. The Morgan fingerprint density at radius 2 is 2.21 bits per heavy atom. The van der Waals surface area contributed by atoms with Crippen LogP contribution in [0.15, 0.2) is 47.1 Å². The average Bonchev–Trinajstić information content (AvgIpc) is 3.28. The number of nitrogens with one attached hydrogen (secondary N) is 2. The molecule has 2 N–H and O–H groups in total. The lowest BCUT2D eigenvalue weighted by Crippen LogP contribution is -2.28. The van der Waals surface area contributed by atoms with E-state index in [0.29, 0.717) is 24.8 Å². The molecule has 0 spiro atoms. The van der Waals surface area contributed by atoms with Crippen molar-refractivity contribution in [2.24, 2.45) is 5.92 Å². The summed E-state index contributed by atoms with van der Waals surface area (Å²) in [6.45, 7) is 0.770. The van der Waals surface area contributed by atoms with Gasteiger partial charge in [-0.2, -0.15) is 0 Å². The van der Waals surface area contributed by atoms with E-state index in [4.69, 9.17) is 4.42 Å². The van der Waals surface area contributed by atoms with Crippen LogP contribution in [0.4, 0.5) is 5.95 Å². The van der Waals surface area contributed by atoms with Crippen molar-refractivity contribution in [1.29, 1.82) is 0 Å². The van der Waals surface area contributed by atoms with E-state index in [1.807, 2.05) is 30.3 Å². The molecule has 0 radical (unpaired) electrons. The highest BCUT2D eigenvalue weighted by atomic mass is 16.3. The number of nitrogens with zero attached hydrogens (tertiary/aromatic N) is 2. The third kappa shape index (κ3) is 2.76. The van der Waals surface area contributed by atoms with Crippen LogP contribution in [0.3, 0.4) is 0 Å². The van der Waals surface area contributed by atoms with Gasteiger partial charge in [0, 0.05) is 13.0 Å². The standard InChI is InChI=1S/C17H16N4O3/c22-15-8-11(9-21(15)10-12-4-3-7-24-12)16(23)20-17-18-13-5-1-2-6-14(13)19-17/h1-7,11H,8-10H2,(H2,18,19,20,23)/t11-/m1/s1. The Morgan fingerprint density at radius 1 is 1.33 bits per heavy atom. The van der Waals surface area contributed by atoms with Crippen LogP contribution in [0.1, 0.15) is 12.2 Å². The van der Waals surface area contributed by atoms with Crippen LogP contribution in [0.5, 0.6) is 0 Å². The van der Waals surface area contributed by atoms with E-state index in [-0.39, 0.29) is 24.2 Å². The van der Waals surface area contributed by atoms with Gasteiger partial charge in [-0.05, 0) is 24.3 Å². The molecule has 0 bridgehead atoms. The molecule has 2 amide bonds. The van der Waals surface area contributed by atoms with E-state index < -0.39 is 0 Å². The first-order valence-electron chi connectivity index (χ1n) is 7.75. The third-order valence-corrected chi connectivity index (χ3v) is 4.14. The van der Waals surface area contributed by atoms with Gasteiger partial charge in [0.15, 0.2) is 0 Å². The van der Waals surface area contributed by atoms with E-state index in [1.54, 1.807) is 17.2 Å². The van der Waals surface area contributed by atoms with E-state index in [2.05, 4.69) is 15.3 Å². The van der Waals surface area contributed by atoms with Crippen LogP contribution in [0.25, 0.3) is 11.0 Å². The molecule has 4 rings (SSSR count). The lowest BCUT2D eigenvalue weighted by Gasteiger charge is -2.14. The molecule has 0 unspecified atom stereocenters. The number of H-pyrrole nitrogens is 1. The fourth-order valence-electron chi connectivity index (χ4n) is 2.92. The smallest absolute Gasteiger partial charge is 0.232 e. The number of carbonyl (C=O) groups is 2. The van der Waals surface area contributed by atoms with Crippen molar-refractivity contribution in [2.75, 3.05) is 11.9 Å². The number of aromatic amines is 1. The van der Waals surface area contributed by atoms with Crippen LogP contribution in [0.2, 0.25) is 0 Å². The average molecular weight is 324 g/mol. The number of imidazole rings is 1. The molecule has 1 aliphatic rings. The maximum Gasteiger partial charge on any atom is 0.232 e. The van der Waals surface area contributed by atoms with Crippen LogP contribution in [0, 0.1) is 5.92 Å². The SMILES string of the molecule is O=C(Nc1nc2ccccc2[nH]1)[C@@H]1CC(=O)N(Cc2ccco2)C1. The molecule has 7 nitrogen and oxygen atoms in total. The van der Waals surface area contributed by atoms with Gasteiger partial charge >= 0.3 is 0 Å². The summed E-state index contributed by atoms with van der Waals surface area (Å²) < 4.78 is 5.26. The van der Waals surface area contributed by atoms with Crippen molar-refractivity contribution in [1.82, 2.24) is 14.9 Å². The van der Waals surface area contributed by atoms with Gasteiger partial charge in [-0.15, -0.1) is 0 Å². The number of furan rings is 1. The van der Waals surface area contributed by atoms with Crippen molar-refractivity contribution in [2.45, 2.75) is 13.0 Å².